The van der Waals surface area contributed by atoms with Gasteiger partial charge in [0.2, 0.25) is 17.7 Å². The summed E-state index contributed by atoms with van der Waals surface area (Å²) in [4.78, 5) is 31.2. The molecule has 0 spiro atoms. The number of nitrogens with one attached hydrogen (secondary N) is 1. The maximum absolute atomic E-state index is 12.6. The van der Waals surface area contributed by atoms with E-state index in [1.54, 1.807) is 18.3 Å². The van der Waals surface area contributed by atoms with Crippen molar-refractivity contribution in [3.63, 3.8) is 0 Å². The Bertz CT molecular complexity index is 885. The fourth-order valence-corrected chi connectivity index (χ4v) is 3.78. The minimum Gasteiger partial charge on any atom is -0.439 e. The van der Waals surface area contributed by atoms with Gasteiger partial charge in [-0.25, -0.2) is 4.98 Å². The van der Waals surface area contributed by atoms with Crippen LogP contribution in [0.4, 0.5) is 5.69 Å². The van der Waals surface area contributed by atoms with Crippen LogP contribution in [0.15, 0.2) is 60.3 Å². The average molecular weight is 391 g/mol. The molecule has 0 saturated carbocycles. The SMILES string of the molecule is O=C(Nc1ccc(Oc2ccccc2)nc1)C1CCN(C(=O)C2=CCCC2)CC1. The quantitative estimate of drug-likeness (QED) is 0.831. The largest absolute Gasteiger partial charge is 0.439 e. The summed E-state index contributed by atoms with van der Waals surface area (Å²) >= 11 is 0. The van der Waals surface area contributed by atoms with Gasteiger partial charge in [-0.15, -0.1) is 0 Å². The van der Waals surface area contributed by atoms with E-state index in [2.05, 4.69) is 16.4 Å². The summed E-state index contributed by atoms with van der Waals surface area (Å²) in [5.74, 6) is 1.24. The number of piperidine rings is 1. The van der Waals surface area contributed by atoms with Crippen molar-refractivity contribution < 1.29 is 14.3 Å². The number of para-hydroxylation sites is 1. The van der Waals surface area contributed by atoms with E-state index in [0.29, 0.717) is 43.2 Å². The highest BCUT2D eigenvalue weighted by Gasteiger charge is 2.29. The number of likely N-dealkylation sites (tertiary alicyclic amines) is 1. The van der Waals surface area contributed by atoms with Crippen molar-refractivity contribution in [3.8, 4) is 11.6 Å². The Morgan fingerprint density at radius 2 is 1.86 bits per heavy atom. The molecule has 0 unspecified atom stereocenters. The van der Waals surface area contributed by atoms with Crippen LogP contribution in [0.2, 0.25) is 0 Å². The molecule has 1 aliphatic carbocycles. The maximum atomic E-state index is 12.6. The van der Waals surface area contributed by atoms with Crippen LogP contribution in [0.25, 0.3) is 0 Å². The van der Waals surface area contributed by atoms with Crippen LogP contribution in [-0.2, 0) is 9.59 Å². The fraction of sp³-hybridized carbons (Fsp3) is 0.348. The molecule has 1 aromatic carbocycles. The number of hydrogen-bond donors (Lipinski definition) is 1. The molecule has 4 rings (SSSR count). The molecular weight excluding hydrogens is 366 g/mol. The van der Waals surface area contributed by atoms with E-state index in [1.165, 1.54) is 0 Å². The lowest BCUT2D eigenvalue weighted by molar-refractivity contribution is -0.131. The molecule has 1 N–H and O–H groups in total. The van der Waals surface area contributed by atoms with Crippen LogP contribution < -0.4 is 10.1 Å². The number of rotatable bonds is 5. The van der Waals surface area contributed by atoms with E-state index < -0.39 is 0 Å². The number of carbonyl (C=O) groups is 2. The lowest BCUT2D eigenvalue weighted by Gasteiger charge is -2.31. The predicted molar refractivity (Wildman–Crippen MR) is 111 cm³/mol. The van der Waals surface area contributed by atoms with Crippen LogP contribution in [0.3, 0.4) is 0 Å². The third-order valence-electron chi connectivity index (χ3n) is 5.44. The highest BCUT2D eigenvalue weighted by molar-refractivity contribution is 5.95. The van der Waals surface area contributed by atoms with Gasteiger partial charge in [-0.05, 0) is 50.3 Å². The third-order valence-corrected chi connectivity index (χ3v) is 5.44. The van der Waals surface area contributed by atoms with E-state index >= 15 is 0 Å². The van der Waals surface area contributed by atoms with Crippen molar-refractivity contribution in [2.75, 3.05) is 18.4 Å². The first kappa shape index (κ1) is 19.2. The van der Waals surface area contributed by atoms with Crippen molar-refractivity contribution in [1.29, 1.82) is 0 Å². The molecule has 0 radical (unpaired) electrons. The molecule has 2 aromatic rings. The highest BCUT2D eigenvalue weighted by atomic mass is 16.5. The van der Waals surface area contributed by atoms with Crippen LogP contribution in [0, 0.1) is 5.92 Å². The first-order chi connectivity index (χ1) is 14.2. The monoisotopic (exact) mass is 391 g/mol. The Balaban J connectivity index is 1.27. The Kier molecular flexibility index (Phi) is 5.89. The zero-order valence-electron chi connectivity index (χ0n) is 16.3. The van der Waals surface area contributed by atoms with Gasteiger partial charge in [0.05, 0.1) is 11.9 Å². The van der Waals surface area contributed by atoms with Crippen molar-refractivity contribution in [1.82, 2.24) is 9.88 Å². The van der Waals surface area contributed by atoms with Gasteiger partial charge >= 0.3 is 0 Å². The zero-order valence-corrected chi connectivity index (χ0v) is 16.3. The van der Waals surface area contributed by atoms with Gasteiger partial charge in [0, 0.05) is 30.6 Å². The summed E-state index contributed by atoms with van der Waals surface area (Å²) in [6.45, 7) is 1.27. The number of allylic oxidation sites excluding steroid dienone is 1. The average Bonchev–Trinajstić information content (AvgIpc) is 3.30. The minimum atomic E-state index is -0.0862. The molecular formula is C23H25N3O3. The summed E-state index contributed by atoms with van der Waals surface area (Å²) in [5.41, 5.74) is 1.59. The van der Waals surface area contributed by atoms with Gasteiger partial charge in [-0.1, -0.05) is 24.3 Å². The van der Waals surface area contributed by atoms with Crippen LogP contribution >= 0.6 is 0 Å². The van der Waals surface area contributed by atoms with Gasteiger partial charge in [0.15, 0.2) is 0 Å². The summed E-state index contributed by atoms with van der Waals surface area (Å²) in [6, 6.07) is 13.0. The molecule has 2 amide bonds. The Labute approximate surface area is 170 Å². The molecule has 1 saturated heterocycles. The van der Waals surface area contributed by atoms with Gasteiger partial charge in [-0.2, -0.15) is 0 Å². The summed E-state index contributed by atoms with van der Waals surface area (Å²) < 4.78 is 5.67. The number of aromatic nitrogens is 1. The van der Waals surface area contributed by atoms with Crippen molar-refractivity contribution >= 4 is 17.5 Å². The molecule has 6 nitrogen and oxygen atoms in total. The first-order valence-corrected chi connectivity index (χ1v) is 10.2. The zero-order chi connectivity index (χ0) is 20.1. The minimum absolute atomic E-state index is 0.0179. The molecule has 1 aromatic heterocycles. The Hall–Kier alpha value is -3.15. The molecule has 2 aliphatic rings. The molecule has 1 aliphatic heterocycles. The molecule has 0 atom stereocenters. The van der Waals surface area contributed by atoms with Crippen LogP contribution in [0.5, 0.6) is 11.6 Å². The molecule has 2 heterocycles. The van der Waals surface area contributed by atoms with E-state index in [0.717, 1.165) is 24.8 Å². The second kappa shape index (κ2) is 8.90. The topological polar surface area (TPSA) is 71.5 Å². The second-order valence-corrected chi connectivity index (χ2v) is 7.48. The Morgan fingerprint density at radius 1 is 1.07 bits per heavy atom. The highest BCUT2D eigenvalue weighted by Crippen LogP contribution is 2.25. The van der Waals surface area contributed by atoms with Gasteiger partial charge in [0.1, 0.15) is 5.75 Å². The normalized spacial score (nSPS) is 17.0. The van der Waals surface area contributed by atoms with E-state index in [-0.39, 0.29) is 17.7 Å². The number of pyridine rings is 1. The number of nitrogens with zero attached hydrogens (tertiary/aromatic N) is 2. The predicted octanol–water partition coefficient (Wildman–Crippen LogP) is 4.16. The second-order valence-electron chi connectivity index (χ2n) is 7.48. The van der Waals surface area contributed by atoms with Gasteiger partial charge in [-0.3, -0.25) is 9.59 Å². The van der Waals surface area contributed by atoms with E-state index in [1.807, 2.05) is 35.2 Å². The van der Waals surface area contributed by atoms with Crippen LogP contribution in [-0.4, -0.2) is 34.8 Å². The number of hydrogen-bond acceptors (Lipinski definition) is 4. The summed E-state index contributed by atoms with van der Waals surface area (Å²) in [7, 11) is 0. The lowest BCUT2D eigenvalue weighted by Crippen LogP contribution is -2.41. The number of anilines is 1. The number of ether oxygens (including phenoxy) is 1. The molecule has 6 heteroatoms. The summed E-state index contributed by atoms with van der Waals surface area (Å²) in [6.07, 6.45) is 7.99. The number of carbonyl (C=O) groups excluding carboxylic acids is 2. The molecule has 150 valence electrons. The molecule has 1 fully saturated rings. The first-order valence-electron chi connectivity index (χ1n) is 10.2. The van der Waals surface area contributed by atoms with E-state index in [4.69, 9.17) is 4.74 Å². The van der Waals surface area contributed by atoms with Crippen molar-refractivity contribution in [2.45, 2.75) is 32.1 Å². The maximum Gasteiger partial charge on any atom is 0.249 e. The van der Waals surface area contributed by atoms with E-state index in [9.17, 15) is 9.59 Å². The third kappa shape index (κ3) is 4.83. The van der Waals surface area contributed by atoms with Crippen molar-refractivity contribution in [2.24, 2.45) is 5.92 Å². The molecule has 29 heavy (non-hydrogen) atoms. The number of amides is 2. The van der Waals surface area contributed by atoms with Gasteiger partial charge < -0.3 is 15.0 Å². The fourth-order valence-electron chi connectivity index (χ4n) is 3.78. The number of benzene rings is 1. The lowest BCUT2D eigenvalue weighted by atomic mass is 9.95. The summed E-state index contributed by atoms with van der Waals surface area (Å²) in [5, 5.41) is 2.93. The Morgan fingerprint density at radius 3 is 2.52 bits per heavy atom. The smallest absolute Gasteiger partial charge is 0.249 e. The van der Waals surface area contributed by atoms with Crippen LogP contribution in [0.1, 0.15) is 32.1 Å². The van der Waals surface area contributed by atoms with Gasteiger partial charge in [0.25, 0.3) is 0 Å². The van der Waals surface area contributed by atoms with Crippen molar-refractivity contribution in [3.05, 3.63) is 60.3 Å². The molecule has 0 bridgehead atoms. The standard InChI is InChI=1S/C23H25N3O3/c27-22(17-12-14-26(15-13-17)23(28)18-6-4-5-7-18)25-19-10-11-21(24-16-19)29-20-8-2-1-3-9-20/h1-3,6,8-11,16-17H,4-5,7,12-15H2,(H,25,27).